The number of rotatable bonds is 5. The van der Waals surface area contributed by atoms with Crippen LogP contribution < -0.4 is 5.32 Å². The van der Waals surface area contributed by atoms with Crippen molar-refractivity contribution in [3.63, 3.8) is 0 Å². The molecule has 1 aromatic rings. The lowest BCUT2D eigenvalue weighted by atomic mass is 10.1. The van der Waals surface area contributed by atoms with Crippen molar-refractivity contribution in [2.45, 2.75) is 33.4 Å². The van der Waals surface area contributed by atoms with Gasteiger partial charge >= 0.3 is 0 Å². The molecule has 1 atom stereocenters. The largest absolute Gasteiger partial charge is 0.507 e. The van der Waals surface area contributed by atoms with Crippen LogP contribution in [0.25, 0.3) is 0 Å². The Morgan fingerprint density at radius 3 is 2.62 bits per heavy atom. The number of aliphatic hydroxyl groups is 1. The molecule has 0 heterocycles. The lowest BCUT2D eigenvalue weighted by Gasteiger charge is -2.15. The van der Waals surface area contributed by atoms with Gasteiger partial charge in [-0.25, -0.2) is 0 Å². The van der Waals surface area contributed by atoms with Crippen molar-refractivity contribution in [3.8, 4) is 5.75 Å². The van der Waals surface area contributed by atoms with Crippen molar-refractivity contribution in [2.75, 3.05) is 6.54 Å². The minimum Gasteiger partial charge on any atom is -0.507 e. The van der Waals surface area contributed by atoms with Gasteiger partial charge in [0, 0.05) is 18.7 Å². The first kappa shape index (κ1) is 13.0. The second-order valence-electron chi connectivity index (χ2n) is 4.52. The fourth-order valence-electron chi connectivity index (χ4n) is 1.45. The molecule has 3 N–H and O–H groups in total. The number of phenolic OH excluding ortho intramolecular Hbond substituents is 1. The molecule has 0 aliphatic rings. The van der Waals surface area contributed by atoms with E-state index in [-0.39, 0.29) is 12.0 Å². The SMILES string of the molecule is Cc1cccc(CNCC(O)C(C)C)c1O. The molecule has 0 radical (unpaired) electrons. The predicted molar refractivity (Wildman–Crippen MR) is 65.4 cm³/mol. The average molecular weight is 223 g/mol. The Morgan fingerprint density at radius 1 is 1.31 bits per heavy atom. The fourth-order valence-corrected chi connectivity index (χ4v) is 1.45. The summed E-state index contributed by atoms with van der Waals surface area (Å²) in [7, 11) is 0. The number of hydrogen-bond acceptors (Lipinski definition) is 3. The standard InChI is InChI=1S/C13H21NO2/c1-9(2)12(15)8-14-7-11-6-4-5-10(3)13(11)16/h4-6,9,12,14-16H,7-8H2,1-3H3. The molecule has 0 saturated heterocycles. The van der Waals surface area contributed by atoms with Gasteiger partial charge in [-0.2, -0.15) is 0 Å². The molecule has 0 saturated carbocycles. The third-order valence-electron chi connectivity index (χ3n) is 2.76. The monoisotopic (exact) mass is 223 g/mol. The summed E-state index contributed by atoms with van der Waals surface area (Å²) < 4.78 is 0. The smallest absolute Gasteiger partial charge is 0.122 e. The summed E-state index contributed by atoms with van der Waals surface area (Å²) in [6, 6.07) is 5.68. The van der Waals surface area contributed by atoms with Gasteiger partial charge < -0.3 is 15.5 Å². The first-order valence-corrected chi connectivity index (χ1v) is 5.68. The molecule has 1 aromatic carbocycles. The van der Waals surface area contributed by atoms with E-state index in [2.05, 4.69) is 5.32 Å². The number of para-hydroxylation sites is 1. The summed E-state index contributed by atoms with van der Waals surface area (Å²) in [5.41, 5.74) is 1.75. The van der Waals surface area contributed by atoms with Crippen LogP contribution in [-0.2, 0) is 6.54 Å². The number of hydrogen-bond donors (Lipinski definition) is 3. The summed E-state index contributed by atoms with van der Waals surface area (Å²) in [6.07, 6.45) is -0.341. The Bertz CT molecular complexity index is 337. The quantitative estimate of drug-likeness (QED) is 0.713. The van der Waals surface area contributed by atoms with Crippen LogP contribution in [0.1, 0.15) is 25.0 Å². The minimum absolute atomic E-state index is 0.249. The predicted octanol–water partition coefficient (Wildman–Crippen LogP) is 1.81. The highest BCUT2D eigenvalue weighted by Gasteiger charge is 2.09. The molecule has 0 amide bonds. The highest BCUT2D eigenvalue weighted by molar-refractivity contribution is 5.39. The van der Waals surface area contributed by atoms with E-state index in [0.717, 1.165) is 11.1 Å². The molecule has 0 aliphatic carbocycles. The molecule has 16 heavy (non-hydrogen) atoms. The van der Waals surface area contributed by atoms with Crippen molar-refractivity contribution in [2.24, 2.45) is 5.92 Å². The van der Waals surface area contributed by atoms with Crippen LogP contribution in [0.4, 0.5) is 0 Å². The van der Waals surface area contributed by atoms with Gasteiger partial charge in [-0.3, -0.25) is 0 Å². The Morgan fingerprint density at radius 2 is 2.00 bits per heavy atom. The van der Waals surface area contributed by atoms with E-state index in [0.29, 0.717) is 18.8 Å². The minimum atomic E-state index is -0.341. The molecular formula is C13H21NO2. The number of aryl methyl sites for hydroxylation is 1. The van der Waals surface area contributed by atoms with E-state index in [4.69, 9.17) is 0 Å². The molecule has 0 aliphatic heterocycles. The number of aromatic hydroxyl groups is 1. The molecule has 3 nitrogen and oxygen atoms in total. The second-order valence-corrected chi connectivity index (χ2v) is 4.52. The zero-order chi connectivity index (χ0) is 12.1. The first-order valence-electron chi connectivity index (χ1n) is 5.68. The van der Waals surface area contributed by atoms with Crippen molar-refractivity contribution in [1.82, 2.24) is 5.32 Å². The molecule has 0 spiro atoms. The van der Waals surface area contributed by atoms with Gasteiger partial charge in [-0.05, 0) is 18.4 Å². The zero-order valence-electron chi connectivity index (χ0n) is 10.2. The van der Waals surface area contributed by atoms with Crippen LogP contribution in [-0.4, -0.2) is 22.9 Å². The van der Waals surface area contributed by atoms with E-state index >= 15 is 0 Å². The van der Waals surface area contributed by atoms with E-state index in [9.17, 15) is 10.2 Å². The Hall–Kier alpha value is -1.06. The Kier molecular flexibility index (Phi) is 4.77. The summed E-state index contributed by atoms with van der Waals surface area (Å²) in [6.45, 7) is 6.97. The van der Waals surface area contributed by atoms with Crippen LogP contribution in [0.5, 0.6) is 5.75 Å². The maximum Gasteiger partial charge on any atom is 0.122 e. The molecule has 0 fully saturated rings. The van der Waals surface area contributed by atoms with Gasteiger partial charge in [0.25, 0.3) is 0 Å². The van der Waals surface area contributed by atoms with Crippen LogP contribution in [0, 0.1) is 12.8 Å². The second kappa shape index (κ2) is 5.87. The molecule has 90 valence electrons. The van der Waals surface area contributed by atoms with Gasteiger partial charge in [-0.15, -0.1) is 0 Å². The molecule has 1 rings (SSSR count). The lowest BCUT2D eigenvalue weighted by molar-refractivity contribution is 0.123. The highest BCUT2D eigenvalue weighted by atomic mass is 16.3. The van der Waals surface area contributed by atoms with Crippen molar-refractivity contribution >= 4 is 0 Å². The van der Waals surface area contributed by atoms with Gasteiger partial charge in [0.05, 0.1) is 6.10 Å². The van der Waals surface area contributed by atoms with Crippen molar-refractivity contribution in [1.29, 1.82) is 0 Å². The van der Waals surface area contributed by atoms with Gasteiger partial charge in [-0.1, -0.05) is 32.0 Å². The van der Waals surface area contributed by atoms with Crippen LogP contribution in [0.2, 0.25) is 0 Å². The summed E-state index contributed by atoms with van der Waals surface area (Å²) >= 11 is 0. The molecule has 0 aromatic heterocycles. The fraction of sp³-hybridized carbons (Fsp3) is 0.538. The third kappa shape index (κ3) is 3.51. The van der Waals surface area contributed by atoms with Gasteiger partial charge in [0.15, 0.2) is 0 Å². The summed E-state index contributed by atoms with van der Waals surface area (Å²) in [5, 5.41) is 22.5. The molecule has 0 bridgehead atoms. The van der Waals surface area contributed by atoms with E-state index < -0.39 is 0 Å². The van der Waals surface area contributed by atoms with Crippen molar-refractivity contribution < 1.29 is 10.2 Å². The van der Waals surface area contributed by atoms with E-state index in [1.807, 2.05) is 39.0 Å². The molecular weight excluding hydrogens is 202 g/mol. The summed E-state index contributed by atoms with van der Waals surface area (Å²) in [5.74, 6) is 0.590. The molecule has 1 unspecified atom stereocenters. The first-order chi connectivity index (χ1) is 7.52. The van der Waals surface area contributed by atoms with Gasteiger partial charge in [0.1, 0.15) is 5.75 Å². The number of phenols is 1. The zero-order valence-corrected chi connectivity index (χ0v) is 10.2. The normalized spacial score (nSPS) is 13.1. The maximum atomic E-state index is 9.77. The highest BCUT2D eigenvalue weighted by Crippen LogP contribution is 2.20. The van der Waals surface area contributed by atoms with Crippen LogP contribution in [0.3, 0.4) is 0 Å². The maximum absolute atomic E-state index is 9.77. The Labute approximate surface area is 97.1 Å². The van der Waals surface area contributed by atoms with Crippen molar-refractivity contribution in [3.05, 3.63) is 29.3 Å². The van der Waals surface area contributed by atoms with Gasteiger partial charge in [0.2, 0.25) is 0 Å². The van der Waals surface area contributed by atoms with E-state index in [1.54, 1.807) is 0 Å². The van der Waals surface area contributed by atoms with Crippen LogP contribution >= 0.6 is 0 Å². The van der Waals surface area contributed by atoms with Crippen LogP contribution in [0.15, 0.2) is 18.2 Å². The van der Waals surface area contributed by atoms with E-state index in [1.165, 1.54) is 0 Å². The molecule has 3 heteroatoms. The Balaban J connectivity index is 2.46. The lowest BCUT2D eigenvalue weighted by Crippen LogP contribution is -2.30. The number of benzene rings is 1. The topological polar surface area (TPSA) is 52.5 Å². The summed E-state index contributed by atoms with van der Waals surface area (Å²) in [4.78, 5) is 0. The number of aliphatic hydroxyl groups excluding tert-OH is 1. The third-order valence-corrected chi connectivity index (χ3v) is 2.76. The number of nitrogens with one attached hydrogen (secondary N) is 1. The average Bonchev–Trinajstić information content (AvgIpc) is 2.24.